The molecule has 1 heterocycles. The van der Waals surface area contributed by atoms with Crippen LogP contribution in [-0.4, -0.2) is 23.3 Å². The number of hydrazone groups is 1. The van der Waals surface area contributed by atoms with Gasteiger partial charge in [-0.05, 0) is 84.5 Å². The third kappa shape index (κ3) is 7.12. The Hall–Kier alpha value is -3.96. The molecule has 0 aromatic heterocycles. The molecule has 0 fully saturated rings. The molecule has 0 saturated carbocycles. The van der Waals surface area contributed by atoms with E-state index in [0.29, 0.717) is 11.5 Å². The number of carboxylic acid groups (broad SMARTS) is 1. The average Bonchev–Trinajstić information content (AvgIpc) is 3.29. The standard InChI is InChI=1S/C31H28ClFN2.C2H4O2/c1-20-4-15-30(33)29(16-20)26-8-7-25(21(2)17-26)18-23-5-13-28(14-6-23)35-19-22(3)31(34-35)24-9-11-27(32)12-10-24;1-2(3)4/h4-17,22H,18-19H2,1-3H3;1H3,(H,3,4)/t22-;/m0./s1. The van der Waals surface area contributed by atoms with Crippen LogP contribution in [0, 0.1) is 25.6 Å². The fraction of sp³-hybridized carbons (Fsp3) is 0.212. The van der Waals surface area contributed by atoms with Crippen LogP contribution in [0.15, 0.2) is 90.0 Å². The van der Waals surface area contributed by atoms with Crippen molar-refractivity contribution >= 4 is 29.0 Å². The molecule has 0 bridgehead atoms. The molecule has 5 rings (SSSR count). The quantitative estimate of drug-likeness (QED) is 0.276. The molecular weight excluding hydrogens is 511 g/mol. The van der Waals surface area contributed by atoms with Crippen molar-refractivity contribution in [3.8, 4) is 11.1 Å². The summed E-state index contributed by atoms with van der Waals surface area (Å²) in [6.45, 7) is 8.23. The van der Waals surface area contributed by atoms with E-state index in [1.165, 1.54) is 11.1 Å². The Morgan fingerprint density at radius 3 is 2.26 bits per heavy atom. The van der Waals surface area contributed by atoms with Gasteiger partial charge >= 0.3 is 0 Å². The van der Waals surface area contributed by atoms with Crippen LogP contribution in [0.1, 0.15) is 41.7 Å². The summed E-state index contributed by atoms with van der Waals surface area (Å²) in [6, 6.07) is 28.0. The summed E-state index contributed by atoms with van der Waals surface area (Å²) >= 11 is 6.04. The fourth-order valence-electron chi connectivity index (χ4n) is 4.67. The lowest BCUT2D eigenvalue weighted by Gasteiger charge is -2.15. The van der Waals surface area contributed by atoms with Gasteiger partial charge in [0, 0.05) is 30.0 Å². The molecule has 0 aliphatic carbocycles. The summed E-state index contributed by atoms with van der Waals surface area (Å²) in [5.74, 6) is -0.674. The van der Waals surface area contributed by atoms with E-state index in [1.807, 2.05) is 43.3 Å². The minimum absolute atomic E-state index is 0.184. The van der Waals surface area contributed by atoms with Crippen LogP contribution in [0.5, 0.6) is 0 Å². The molecule has 0 amide bonds. The van der Waals surface area contributed by atoms with Crippen molar-refractivity contribution in [2.45, 2.75) is 34.1 Å². The fourth-order valence-corrected chi connectivity index (χ4v) is 4.80. The zero-order chi connectivity index (χ0) is 28.1. The van der Waals surface area contributed by atoms with Gasteiger partial charge in [0.1, 0.15) is 5.82 Å². The van der Waals surface area contributed by atoms with Gasteiger partial charge in [0.2, 0.25) is 0 Å². The molecule has 4 aromatic carbocycles. The summed E-state index contributed by atoms with van der Waals surface area (Å²) in [5, 5.41) is 15.1. The van der Waals surface area contributed by atoms with Crippen LogP contribution in [0.25, 0.3) is 11.1 Å². The number of hydrogen-bond donors (Lipinski definition) is 1. The predicted octanol–water partition coefficient (Wildman–Crippen LogP) is 8.31. The lowest BCUT2D eigenvalue weighted by Crippen LogP contribution is -2.17. The first-order chi connectivity index (χ1) is 18.6. The number of halogens is 2. The molecule has 0 saturated heterocycles. The molecule has 6 heteroatoms. The Labute approximate surface area is 234 Å². The maximum Gasteiger partial charge on any atom is 0.300 e. The van der Waals surface area contributed by atoms with E-state index >= 15 is 0 Å². The molecule has 1 aliphatic rings. The van der Waals surface area contributed by atoms with Gasteiger partial charge in [-0.15, -0.1) is 0 Å². The van der Waals surface area contributed by atoms with Gasteiger partial charge in [0.05, 0.1) is 11.4 Å². The molecule has 1 aliphatic heterocycles. The predicted molar refractivity (Wildman–Crippen MR) is 158 cm³/mol. The minimum atomic E-state index is -0.833. The zero-order valence-corrected chi connectivity index (χ0v) is 23.3. The number of aryl methyl sites for hydroxylation is 2. The molecule has 200 valence electrons. The second-order valence-electron chi connectivity index (χ2n) is 9.96. The number of rotatable bonds is 5. The number of hydrogen-bond acceptors (Lipinski definition) is 3. The normalized spacial score (nSPS) is 14.5. The van der Waals surface area contributed by atoms with Gasteiger partial charge in [-0.25, -0.2) is 4.39 Å². The van der Waals surface area contributed by atoms with Crippen LogP contribution < -0.4 is 5.01 Å². The Balaban J connectivity index is 0.000000826. The minimum Gasteiger partial charge on any atom is -0.481 e. The van der Waals surface area contributed by atoms with E-state index in [-0.39, 0.29) is 5.82 Å². The summed E-state index contributed by atoms with van der Waals surface area (Å²) in [7, 11) is 0. The zero-order valence-electron chi connectivity index (χ0n) is 22.6. The van der Waals surface area contributed by atoms with Crippen molar-refractivity contribution in [2.24, 2.45) is 11.0 Å². The number of nitrogens with zero attached hydrogens (tertiary/aromatic N) is 2. The topological polar surface area (TPSA) is 52.9 Å². The van der Waals surface area contributed by atoms with Gasteiger partial charge < -0.3 is 5.11 Å². The molecule has 0 radical (unpaired) electrons. The van der Waals surface area contributed by atoms with Crippen LogP contribution in [0.4, 0.5) is 10.1 Å². The van der Waals surface area contributed by atoms with Crippen molar-refractivity contribution in [2.75, 3.05) is 11.6 Å². The van der Waals surface area contributed by atoms with E-state index in [1.54, 1.807) is 12.1 Å². The third-order valence-electron chi connectivity index (χ3n) is 6.69. The van der Waals surface area contributed by atoms with Crippen LogP contribution in [-0.2, 0) is 11.2 Å². The highest BCUT2D eigenvalue weighted by atomic mass is 35.5. The van der Waals surface area contributed by atoms with Gasteiger partial charge in [-0.1, -0.05) is 72.6 Å². The van der Waals surface area contributed by atoms with Crippen molar-refractivity contribution in [1.82, 2.24) is 0 Å². The molecule has 1 N–H and O–H groups in total. The first kappa shape index (κ1) is 28.1. The second kappa shape index (κ2) is 12.3. The first-order valence-electron chi connectivity index (χ1n) is 12.9. The summed E-state index contributed by atoms with van der Waals surface area (Å²) in [4.78, 5) is 9.00. The van der Waals surface area contributed by atoms with Crippen molar-refractivity contribution < 1.29 is 14.3 Å². The first-order valence-corrected chi connectivity index (χ1v) is 13.2. The molecular formula is C33H32ClFN2O2. The Morgan fingerprint density at radius 1 is 0.974 bits per heavy atom. The van der Waals surface area contributed by atoms with Crippen LogP contribution in [0.2, 0.25) is 5.02 Å². The van der Waals surface area contributed by atoms with Crippen LogP contribution in [0.3, 0.4) is 0 Å². The molecule has 0 unspecified atom stereocenters. The SMILES string of the molecule is CC(=O)O.Cc1ccc(F)c(-c2ccc(Cc3ccc(N4C[C@H](C)C(c5ccc(Cl)cc5)=N4)cc3)c(C)c2)c1. The monoisotopic (exact) mass is 542 g/mol. The van der Waals surface area contributed by atoms with E-state index in [2.05, 4.69) is 55.3 Å². The van der Waals surface area contributed by atoms with Gasteiger partial charge in [-0.2, -0.15) is 5.10 Å². The van der Waals surface area contributed by atoms with E-state index in [0.717, 1.165) is 58.6 Å². The molecule has 4 aromatic rings. The highest BCUT2D eigenvalue weighted by Gasteiger charge is 2.24. The smallest absolute Gasteiger partial charge is 0.300 e. The Kier molecular flexibility index (Phi) is 8.82. The number of benzene rings is 4. The second-order valence-corrected chi connectivity index (χ2v) is 10.4. The van der Waals surface area contributed by atoms with E-state index in [9.17, 15) is 4.39 Å². The number of carbonyl (C=O) groups is 1. The van der Waals surface area contributed by atoms with E-state index < -0.39 is 5.97 Å². The Morgan fingerprint density at radius 2 is 1.62 bits per heavy atom. The van der Waals surface area contributed by atoms with Crippen molar-refractivity contribution in [3.05, 3.63) is 124 Å². The average molecular weight is 543 g/mol. The summed E-state index contributed by atoms with van der Waals surface area (Å²) in [6.07, 6.45) is 0.832. The number of anilines is 1. The van der Waals surface area contributed by atoms with Crippen LogP contribution >= 0.6 is 11.6 Å². The molecule has 0 spiro atoms. The summed E-state index contributed by atoms with van der Waals surface area (Å²) in [5.41, 5.74) is 9.57. The lowest BCUT2D eigenvalue weighted by molar-refractivity contribution is -0.134. The highest BCUT2D eigenvalue weighted by Crippen LogP contribution is 2.29. The molecule has 4 nitrogen and oxygen atoms in total. The van der Waals surface area contributed by atoms with Crippen molar-refractivity contribution in [1.29, 1.82) is 0 Å². The highest BCUT2D eigenvalue weighted by molar-refractivity contribution is 6.30. The number of aliphatic carboxylic acids is 1. The van der Waals surface area contributed by atoms with Crippen molar-refractivity contribution in [3.63, 3.8) is 0 Å². The van der Waals surface area contributed by atoms with Gasteiger partial charge in [0.25, 0.3) is 5.97 Å². The summed E-state index contributed by atoms with van der Waals surface area (Å²) < 4.78 is 14.3. The maximum atomic E-state index is 14.3. The molecule has 1 atom stereocenters. The largest absolute Gasteiger partial charge is 0.481 e. The van der Waals surface area contributed by atoms with Gasteiger partial charge in [0.15, 0.2) is 0 Å². The number of carboxylic acids is 1. The lowest BCUT2D eigenvalue weighted by atomic mass is 9.95. The van der Waals surface area contributed by atoms with Gasteiger partial charge in [-0.3, -0.25) is 9.80 Å². The molecule has 39 heavy (non-hydrogen) atoms. The Bertz CT molecular complexity index is 1490. The maximum absolute atomic E-state index is 14.3. The van der Waals surface area contributed by atoms with E-state index in [4.69, 9.17) is 26.6 Å². The third-order valence-corrected chi connectivity index (χ3v) is 6.94.